The summed E-state index contributed by atoms with van der Waals surface area (Å²) in [5.41, 5.74) is 0.896. The Bertz CT molecular complexity index is 838. The lowest BCUT2D eigenvalue weighted by molar-refractivity contribution is -0.152. The highest BCUT2D eigenvalue weighted by molar-refractivity contribution is 7.12. The number of amides is 2. The van der Waals surface area contributed by atoms with E-state index in [0.717, 1.165) is 12.0 Å². The predicted molar refractivity (Wildman–Crippen MR) is 107 cm³/mol. The van der Waals surface area contributed by atoms with Gasteiger partial charge in [0.1, 0.15) is 6.04 Å². The van der Waals surface area contributed by atoms with Gasteiger partial charge < -0.3 is 15.0 Å². The maximum Gasteiger partial charge on any atom is 0.329 e. The van der Waals surface area contributed by atoms with E-state index >= 15 is 0 Å². The molecular formula is C20H21ClN2O4S. The molecule has 2 heterocycles. The summed E-state index contributed by atoms with van der Waals surface area (Å²) in [6, 6.07) is 9.80. The summed E-state index contributed by atoms with van der Waals surface area (Å²) in [6.07, 6.45) is 1.27. The highest BCUT2D eigenvalue weighted by Gasteiger charge is 2.36. The van der Waals surface area contributed by atoms with Crippen molar-refractivity contribution in [3.63, 3.8) is 0 Å². The van der Waals surface area contributed by atoms with E-state index in [9.17, 15) is 14.4 Å². The van der Waals surface area contributed by atoms with Crippen LogP contribution >= 0.6 is 22.9 Å². The fourth-order valence-corrected chi connectivity index (χ4v) is 3.95. The molecule has 2 atom stereocenters. The van der Waals surface area contributed by atoms with Crippen LogP contribution in [0.4, 0.5) is 0 Å². The van der Waals surface area contributed by atoms with Crippen molar-refractivity contribution >= 4 is 40.7 Å². The molecule has 1 N–H and O–H groups in total. The van der Waals surface area contributed by atoms with Crippen LogP contribution in [0.15, 0.2) is 41.8 Å². The highest BCUT2D eigenvalue weighted by atomic mass is 35.5. The molecule has 148 valence electrons. The Balaban J connectivity index is 1.50. The smallest absolute Gasteiger partial charge is 0.329 e. The topological polar surface area (TPSA) is 75.7 Å². The minimum absolute atomic E-state index is 0.171. The molecule has 2 aromatic rings. The van der Waals surface area contributed by atoms with Gasteiger partial charge in [0.15, 0.2) is 6.61 Å². The summed E-state index contributed by atoms with van der Waals surface area (Å²) < 4.78 is 5.18. The van der Waals surface area contributed by atoms with Crippen LogP contribution in [-0.2, 0) is 14.3 Å². The van der Waals surface area contributed by atoms with Gasteiger partial charge in [0.05, 0.1) is 10.9 Å². The number of benzene rings is 1. The van der Waals surface area contributed by atoms with Crippen LogP contribution in [0, 0.1) is 0 Å². The number of nitrogens with zero attached hydrogens (tertiary/aromatic N) is 1. The number of hydrogen-bond acceptors (Lipinski definition) is 5. The third-order valence-electron chi connectivity index (χ3n) is 4.61. The van der Waals surface area contributed by atoms with E-state index in [1.807, 2.05) is 24.4 Å². The molecule has 1 aliphatic heterocycles. The van der Waals surface area contributed by atoms with Crippen molar-refractivity contribution in [2.75, 3.05) is 13.2 Å². The minimum Gasteiger partial charge on any atom is -0.454 e. The number of carbonyl (C=O) groups excluding carboxylic acids is 3. The van der Waals surface area contributed by atoms with Gasteiger partial charge in [0, 0.05) is 11.6 Å². The molecule has 0 radical (unpaired) electrons. The SMILES string of the molecule is CC(NC(=O)COC(=O)C1CCCN1C(=O)c1cccs1)c1ccc(Cl)cc1. The van der Waals surface area contributed by atoms with E-state index in [0.29, 0.717) is 22.9 Å². The number of thiophene rings is 1. The molecule has 1 fully saturated rings. The van der Waals surface area contributed by atoms with Gasteiger partial charge in [0.25, 0.3) is 11.8 Å². The Morgan fingerprint density at radius 1 is 1.29 bits per heavy atom. The molecule has 1 aromatic heterocycles. The van der Waals surface area contributed by atoms with Gasteiger partial charge in [-0.2, -0.15) is 0 Å². The third kappa shape index (κ3) is 4.91. The van der Waals surface area contributed by atoms with Crippen LogP contribution < -0.4 is 5.32 Å². The largest absolute Gasteiger partial charge is 0.454 e. The van der Waals surface area contributed by atoms with E-state index in [1.54, 1.807) is 24.3 Å². The average Bonchev–Trinajstić information content (AvgIpc) is 3.38. The Morgan fingerprint density at radius 2 is 2.04 bits per heavy atom. The Hall–Kier alpha value is -2.38. The molecule has 0 aliphatic carbocycles. The number of hydrogen-bond donors (Lipinski definition) is 1. The second-order valence-corrected chi connectivity index (χ2v) is 7.97. The first kappa shape index (κ1) is 20.4. The zero-order valence-corrected chi connectivity index (χ0v) is 17.0. The monoisotopic (exact) mass is 420 g/mol. The van der Waals surface area contributed by atoms with Gasteiger partial charge in [-0.15, -0.1) is 11.3 Å². The first-order chi connectivity index (χ1) is 13.5. The predicted octanol–water partition coefficient (Wildman–Crippen LogP) is 3.43. The third-order valence-corrected chi connectivity index (χ3v) is 5.72. The van der Waals surface area contributed by atoms with Gasteiger partial charge in [-0.1, -0.05) is 29.8 Å². The van der Waals surface area contributed by atoms with Crippen molar-refractivity contribution in [3.05, 3.63) is 57.2 Å². The fraction of sp³-hybridized carbons (Fsp3) is 0.350. The maximum absolute atomic E-state index is 12.5. The van der Waals surface area contributed by atoms with Gasteiger partial charge >= 0.3 is 5.97 Å². The van der Waals surface area contributed by atoms with Crippen molar-refractivity contribution in [1.29, 1.82) is 0 Å². The Morgan fingerprint density at radius 3 is 2.71 bits per heavy atom. The summed E-state index contributed by atoms with van der Waals surface area (Å²) >= 11 is 7.20. The standard InChI is InChI=1S/C20H21ClN2O4S/c1-13(14-6-8-15(21)9-7-14)22-18(24)12-27-20(26)16-4-2-10-23(16)19(25)17-5-3-11-28-17/h3,5-9,11,13,16H,2,4,10,12H2,1H3,(H,22,24). The zero-order chi connectivity index (χ0) is 20.1. The van der Waals surface area contributed by atoms with Crippen LogP contribution in [0.5, 0.6) is 0 Å². The van der Waals surface area contributed by atoms with Crippen molar-refractivity contribution in [3.8, 4) is 0 Å². The first-order valence-electron chi connectivity index (χ1n) is 9.01. The average molecular weight is 421 g/mol. The number of nitrogens with one attached hydrogen (secondary N) is 1. The Labute approximate surface area is 172 Å². The van der Waals surface area contributed by atoms with Crippen LogP contribution in [0.2, 0.25) is 5.02 Å². The molecule has 2 unspecified atom stereocenters. The first-order valence-corrected chi connectivity index (χ1v) is 10.3. The molecule has 0 saturated carbocycles. The number of halogens is 1. The molecule has 0 bridgehead atoms. The van der Waals surface area contributed by atoms with E-state index in [2.05, 4.69) is 5.32 Å². The molecule has 1 aliphatic rings. The highest BCUT2D eigenvalue weighted by Crippen LogP contribution is 2.23. The van der Waals surface area contributed by atoms with Crippen LogP contribution in [-0.4, -0.2) is 41.9 Å². The lowest BCUT2D eigenvalue weighted by Crippen LogP contribution is -2.42. The molecule has 1 aromatic carbocycles. The lowest BCUT2D eigenvalue weighted by atomic mass is 10.1. The van der Waals surface area contributed by atoms with Gasteiger partial charge in [-0.3, -0.25) is 9.59 Å². The van der Waals surface area contributed by atoms with Crippen molar-refractivity contribution in [2.45, 2.75) is 31.8 Å². The fourth-order valence-electron chi connectivity index (χ4n) is 3.15. The summed E-state index contributed by atoms with van der Waals surface area (Å²) in [7, 11) is 0. The Kier molecular flexibility index (Phi) is 6.70. The van der Waals surface area contributed by atoms with E-state index in [-0.39, 0.29) is 18.6 Å². The van der Waals surface area contributed by atoms with Gasteiger partial charge in [-0.05, 0) is 48.9 Å². The molecule has 1 saturated heterocycles. The van der Waals surface area contributed by atoms with Gasteiger partial charge in [0.2, 0.25) is 0 Å². The van der Waals surface area contributed by atoms with E-state index < -0.39 is 17.9 Å². The number of carbonyl (C=O) groups is 3. The second-order valence-electron chi connectivity index (χ2n) is 6.58. The van der Waals surface area contributed by atoms with Crippen molar-refractivity contribution in [1.82, 2.24) is 10.2 Å². The summed E-state index contributed by atoms with van der Waals surface area (Å²) in [4.78, 5) is 39.2. The molecular weight excluding hydrogens is 400 g/mol. The van der Waals surface area contributed by atoms with E-state index in [1.165, 1.54) is 16.2 Å². The summed E-state index contributed by atoms with van der Waals surface area (Å²) in [5, 5.41) is 5.22. The molecule has 2 amide bonds. The summed E-state index contributed by atoms with van der Waals surface area (Å²) in [6.45, 7) is 1.96. The van der Waals surface area contributed by atoms with Crippen LogP contribution in [0.1, 0.15) is 41.0 Å². The number of rotatable bonds is 6. The normalized spacial score (nSPS) is 17.2. The lowest BCUT2D eigenvalue weighted by Gasteiger charge is -2.22. The molecule has 6 nitrogen and oxygen atoms in total. The molecule has 3 rings (SSSR count). The minimum atomic E-state index is -0.643. The van der Waals surface area contributed by atoms with Crippen LogP contribution in [0.25, 0.3) is 0 Å². The number of likely N-dealkylation sites (tertiary alicyclic amines) is 1. The quantitative estimate of drug-likeness (QED) is 0.726. The second kappa shape index (κ2) is 9.21. The van der Waals surface area contributed by atoms with E-state index in [4.69, 9.17) is 16.3 Å². The van der Waals surface area contributed by atoms with Crippen molar-refractivity contribution < 1.29 is 19.1 Å². The summed E-state index contributed by atoms with van der Waals surface area (Å²) in [5.74, 6) is -1.11. The van der Waals surface area contributed by atoms with Crippen LogP contribution in [0.3, 0.4) is 0 Å². The number of esters is 1. The van der Waals surface area contributed by atoms with Crippen molar-refractivity contribution in [2.24, 2.45) is 0 Å². The maximum atomic E-state index is 12.5. The number of ether oxygens (including phenoxy) is 1. The van der Waals surface area contributed by atoms with Gasteiger partial charge in [-0.25, -0.2) is 4.79 Å². The molecule has 28 heavy (non-hydrogen) atoms. The molecule has 0 spiro atoms. The zero-order valence-electron chi connectivity index (χ0n) is 15.4. The molecule has 8 heteroatoms.